The van der Waals surface area contributed by atoms with E-state index in [2.05, 4.69) is 55.8 Å². The summed E-state index contributed by atoms with van der Waals surface area (Å²) in [5.41, 5.74) is 2.26. The van der Waals surface area contributed by atoms with Crippen LogP contribution in [0.1, 0.15) is 30.1 Å². The first-order chi connectivity index (χ1) is 11.7. The van der Waals surface area contributed by atoms with Crippen molar-refractivity contribution in [2.24, 2.45) is 0 Å². The van der Waals surface area contributed by atoms with E-state index in [-0.39, 0.29) is 0 Å². The molecular weight excluding hydrogens is 338 g/mol. The Balaban J connectivity index is 1.65. The smallest absolute Gasteiger partial charge is 0.198 e. The number of allylic oxidation sites excluding steroid dienone is 1. The molecule has 0 spiro atoms. The van der Waals surface area contributed by atoms with Crippen LogP contribution in [-0.4, -0.2) is 24.1 Å². The Morgan fingerprint density at radius 3 is 3.00 bits per heavy atom. The molecule has 5 nitrogen and oxygen atoms in total. The Morgan fingerprint density at radius 1 is 1.38 bits per heavy atom. The standard InChI is InChI=1S/C17H17N5S2/c1-3-9-22-15(13-6-4-5-11(2)10-13)19-20-16(22)23-17-18-14(21-24-17)12-7-8-12/h3-6,10,12H,1,7-9H2,2H3. The van der Waals surface area contributed by atoms with Crippen LogP contribution in [-0.2, 0) is 6.54 Å². The molecule has 0 bridgehead atoms. The molecule has 0 radical (unpaired) electrons. The van der Waals surface area contributed by atoms with Gasteiger partial charge in [-0.3, -0.25) is 4.57 Å². The van der Waals surface area contributed by atoms with Gasteiger partial charge in [0.2, 0.25) is 0 Å². The lowest BCUT2D eigenvalue weighted by molar-refractivity contribution is 0.731. The topological polar surface area (TPSA) is 56.5 Å². The van der Waals surface area contributed by atoms with Gasteiger partial charge in [0.15, 0.2) is 15.3 Å². The van der Waals surface area contributed by atoms with Gasteiger partial charge < -0.3 is 0 Å². The van der Waals surface area contributed by atoms with Gasteiger partial charge in [-0.25, -0.2) is 4.98 Å². The highest BCUT2D eigenvalue weighted by molar-refractivity contribution is 8.00. The van der Waals surface area contributed by atoms with Crippen molar-refractivity contribution >= 4 is 23.3 Å². The summed E-state index contributed by atoms with van der Waals surface area (Å²) in [6.45, 7) is 6.60. The summed E-state index contributed by atoms with van der Waals surface area (Å²) in [6, 6.07) is 8.29. The maximum Gasteiger partial charge on any atom is 0.198 e. The monoisotopic (exact) mass is 355 g/mol. The molecule has 2 aromatic heterocycles. The minimum absolute atomic E-state index is 0.574. The lowest BCUT2D eigenvalue weighted by atomic mass is 10.1. The van der Waals surface area contributed by atoms with Crippen molar-refractivity contribution in [3.63, 3.8) is 0 Å². The van der Waals surface area contributed by atoms with E-state index < -0.39 is 0 Å². The molecule has 1 aliphatic rings. The summed E-state index contributed by atoms with van der Waals surface area (Å²) in [7, 11) is 0. The predicted octanol–water partition coefficient (Wildman–Crippen LogP) is 4.32. The van der Waals surface area contributed by atoms with Gasteiger partial charge in [0.05, 0.1) is 0 Å². The van der Waals surface area contributed by atoms with Crippen LogP contribution in [0.3, 0.4) is 0 Å². The second-order valence-electron chi connectivity index (χ2n) is 5.87. The van der Waals surface area contributed by atoms with Crippen LogP contribution in [0.25, 0.3) is 11.4 Å². The van der Waals surface area contributed by atoms with Crippen molar-refractivity contribution in [2.45, 2.75) is 41.7 Å². The van der Waals surface area contributed by atoms with Gasteiger partial charge in [-0.2, -0.15) is 4.37 Å². The lowest BCUT2D eigenvalue weighted by Crippen LogP contribution is -2.00. The predicted molar refractivity (Wildman–Crippen MR) is 96.4 cm³/mol. The zero-order valence-electron chi connectivity index (χ0n) is 13.3. The zero-order chi connectivity index (χ0) is 16.5. The van der Waals surface area contributed by atoms with E-state index in [0.717, 1.165) is 26.7 Å². The van der Waals surface area contributed by atoms with E-state index in [1.165, 1.54) is 41.7 Å². The Bertz CT molecular complexity index is 879. The molecule has 0 N–H and O–H groups in total. The van der Waals surface area contributed by atoms with Gasteiger partial charge in [-0.05, 0) is 49.1 Å². The summed E-state index contributed by atoms with van der Waals surface area (Å²) >= 11 is 2.97. The number of aryl methyl sites for hydroxylation is 1. The van der Waals surface area contributed by atoms with Gasteiger partial charge in [-0.1, -0.05) is 29.8 Å². The van der Waals surface area contributed by atoms with Crippen molar-refractivity contribution < 1.29 is 0 Å². The van der Waals surface area contributed by atoms with Crippen LogP contribution >= 0.6 is 23.3 Å². The van der Waals surface area contributed by atoms with Crippen molar-refractivity contribution in [1.82, 2.24) is 24.1 Å². The summed E-state index contributed by atoms with van der Waals surface area (Å²) in [6.07, 6.45) is 4.29. The maximum absolute atomic E-state index is 4.63. The van der Waals surface area contributed by atoms with Crippen LogP contribution in [0.2, 0.25) is 0 Å². The van der Waals surface area contributed by atoms with Crippen molar-refractivity contribution in [2.75, 3.05) is 0 Å². The number of rotatable bonds is 6. The van der Waals surface area contributed by atoms with Gasteiger partial charge in [0, 0.05) is 18.0 Å². The van der Waals surface area contributed by atoms with Crippen LogP contribution in [0.4, 0.5) is 0 Å². The van der Waals surface area contributed by atoms with Crippen molar-refractivity contribution in [1.29, 1.82) is 0 Å². The average molecular weight is 355 g/mol. The molecule has 24 heavy (non-hydrogen) atoms. The lowest BCUT2D eigenvalue weighted by Gasteiger charge is -2.07. The highest BCUT2D eigenvalue weighted by Gasteiger charge is 2.28. The summed E-state index contributed by atoms with van der Waals surface area (Å²) in [5, 5.41) is 9.59. The van der Waals surface area contributed by atoms with Gasteiger partial charge >= 0.3 is 0 Å². The van der Waals surface area contributed by atoms with E-state index in [4.69, 9.17) is 0 Å². The SMILES string of the molecule is C=CCn1c(Sc2nc(C3CC3)ns2)nnc1-c1cccc(C)c1. The molecular formula is C17H17N5S2. The second-order valence-corrected chi connectivity index (χ2v) is 7.84. The van der Waals surface area contributed by atoms with Gasteiger partial charge in [-0.15, -0.1) is 16.8 Å². The quantitative estimate of drug-likeness (QED) is 0.616. The molecule has 1 saturated carbocycles. The van der Waals surface area contributed by atoms with Crippen molar-refractivity contribution in [3.8, 4) is 11.4 Å². The molecule has 0 saturated heterocycles. The Kier molecular flexibility index (Phi) is 4.20. The number of benzene rings is 1. The normalized spacial score (nSPS) is 14.0. The molecule has 7 heteroatoms. The van der Waals surface area contributed by atoms with Crippen LogP contribution in [0, 0.1) is 6.92 Å². The molecule has 2 heterocycles. The van der Waals surface area contributed by atoms with E-state index in [1.54, 1.807) is 0 Å². The first kappa shape index (κ1) is 15.5. The third-order valence-corrected chi connectivity index (χ3v) is 5.60. The van der Waals surface area contributed by atoms with Gasteiger partial charge in [0.1, 0.15) is 5.82 Å². The molecule has 3 aromatic rings. The minimum Gasteiger partial charge on any atom is -0.298 e. The third-order valence-electron chi connectivity index (χ3n) is 3.85. The molecule has 1 fully saturated rings. The molecule has 0 atom stereocenters. The molecule has 1 aromatic carbocycles. The fraction of sp³-hybridized carbons (Fsp3) is 0.294. The Labute approximate surface area is 149 Å². The number of nitrogens with zero attached hydrogens (tertiary/aromatic N) is 5. The molecule has 1 aliphatic carbocycles. The maximum atomic E-state index is 4.63. The van der Waals surface area contributed by atoms with Crippen LogP contribution in [0.15, 0.2) is 46.4 Å². The highest BCUT2D eigenvalue weighted by atomic mass is 32.2. The fourth-order valence-electron chi connectivity index (χ4n) is 2.50. The Hall–Kier alpha value is -1.99. The van der Waals surface area contributed by atoms with E-state index >= 15 is 0 Å². The van der Waals surface area contributed by atoms with E-state index in [1.807, 2.05) is 12.1 Å². The van der Waals surface area contributed by atoms with Gasteiger partial charge in [0.25, 0.3) is 0 Å². The molecule has 0 amide bonds. The second kappa shape index (κ2) is 6.49. The number of aromatic nitrogens is 5. The molecule has 122 valence electrons. The van der Waals surface area contributed by atoms with E-state index in [0.29, 0.717) is 12.5 Å². The summed E-state index contributed by atoms with van der Waals surface area (Å²) < 4.78 is 7.45. The highest BCUT2D eigenvalue weighted by Crippen LogP contribution is 2.40. The number of hydrogen-bond donors (Lipinski definition) is 0. The van der Waals surface area contributed by atoms with Crippen LogP contribution in [0.5, 0.6) is 0 Å². The van der Waals surface area contributed by atoms with Crippen molar-refractivity contribution in [3.05, 3.63) is 48.3 Å². The largest absolute Gasteiger partial charge is 0.298 e. The number of hydrogen-bond acceptors (Lipinski definition) is 6. The van der Waals surface area contributed by atoms with E-state index in [9.17, 15) is 0 Å². The average Bonchev–Trinajstić information content (AvgIpc) is 3.20. The first-order valence-corrected chi connectivity index (χ1v) is 9.46. The fourth-order valence-corrected chi connectivity index (χ4v) is 4.13. The minimum atomic E-state index is 0.574. The third kappa shape index (κ3) is 3.14. The Morgan fingerprint density at radius 2 is 2.25 bits per heavy atom. The zero-order valence-corrected chi connectivity index (χ0v) is 15.0. The molecule has 0 unspecified atom stereocenters. The molecule has 0 aliphatic heterocycles. The summed E-state index contributed by atoms with van der Waals surface area (Å²) in [5.74, 6) is 2.41. The first-order valence-electron chi connectivity index (χ1n) is 7.87. The van der Waals surface area contributed by atoms with Crippen LogP contribution < -0.4 is 0 Å². The summed E-state index contributed by atoms with van der Waals surface area (Å²) in [4.78, 5) is 4.63. The molecule has 4 rings (SSSR count).